The standard InChI is InChI=1S/C15H18N2/c1-17-6-4-15(5-7-17)9-13-3-2-12(11-16)8-14(13)10-15/h2-3,8H,4-7,9-10H2,1H3. The zero-order valence-electron chi connectivity index (χ0n) is 10.4. The molecule has 2 aliphatic rings. The van der Waals surface area contributed by atoms with E-state index in [9.17, 15) is 0 Å². The molecular weight excluding hydrogens is 208 g/mol. The van der Waals surface area contributed by atoms with Crippen LogP contribution in [0, 0.1) is 16.7 Å². The first-order valence-corrected chi connectivity index (χ1v) is 6.41. The number of likely N-dealkylation sites (tertiary alicyclic amines) is 1. The Balaban J connectivity index is 1.85. The molecule has 1 aromatic carbocycles. The summed E-state index contributed by atoms with van der Waals surface area (Å²) in [5.74, 6) is 0. The minimum atomic E-state index is 0.503. The third-order valence-corrected chi connectivity index (χ3v) is 4.51. The first-order valence-electron chi connectivity index (χ1n) is 6.41. The molecule has 1 aromatic rings. The molecule has 0 N–H and O–H groups in total. The first kappa shape index (κ1) is 10.8. The van der Waals surface area contributed by atoms with Crippen LogP contribution >= 0.6 is 0 Å². The number of fused-ring (bicyclic) bond motifs is 1. The van der Waals surface area contributed by atoms with Crippen LogP contribution in [0.15, 0.2) is 18.2 Å². The lowest BCUT2D eigenvalue weighted by molar-refractivity contribution is 0.131. The Morgan fingerprint density at radius 1 is 1.18 bits per heavy atom. The first-order chi connectivity index (χ1) is 8.21. The zero-order chi connectivity index (χ0) is 11.9. The van der Waals surface area contributed by atoms with Crippen molar-refractivity contribution in [3.8, 4) is 6.07 Å². The molecule has 2 nitrogen and oxygen atoms in total. The number of nitriles is 1. The Hall–Kier alpha value is -1.33. The fourth-order valence-electron chi connectivity index (χ4n) is 3.35. The summed E-state index contributed by atoms with van der Waals surface area (Å²) >= 11 is 0. The van der Waals surface area contributed by atoms with Gasteiger partial charge in [-0.2, -0.15) is 5.26 Å². The topological polar surface area (TPSA) is 27.0 Å². The van der Waals surface area contributed by atoms with E-state index in [-0.39, 0.29) is 0 Å². The summed E-state index contributed by atoms with van der Waals surface area (Å²) in [4.78, 5) is 2.43. The average Bonchev–Trinajstić information content (AvgIpc) is 2.70. The van der Waals surface area contributed by atoms with E-state index in [2.05, 4.69) is 30.1 Å². The van der Waals surface area contributed by atoms with Crippen LogP contribution in [0.4, 0.5) is 0 Å². The molecular formula is C15H18N2. The van der Waals surface area contributed by atoms with E-state index in [4.69, 9.17) is 5.26 Å². The van der Waals surface area contributed by atoms with Gasteiger partial charge in [-0.05, 0) is 74.5 Å². The van der Waals surface area contributed by atoms with Gasteiger partial charge in [0.2, 0.25) is 0 Å². The molecule has 0 amide bonds. The molecule has 1 aliphatic carbocycles. The molecule has 0 aromatic heterocycles. The Labute approximate surface area is 103 Å². The lowest BCUT2D eigenvalue weighted by Gasteiger charge is -2.37. The summed E-state index contributed by atoms with van der Waals surface area (Å²) in [6.07, 6.45) is 5.02. The molecule has 0 bridgehead atoms. The van der Waals surface area contributed by atoms with Crippen LogP contribution in [0.25, 0.3) is 0 Å². The van der Waals surface area contributed by atoms with Crippen molar-refractivity contribution in [3.63, 3.8) is 0 Å². The normalized spacial score (nSPS) is 22.4. The molecule has 1 heterocycles. The van der Waals surface area contributed by atoms with Gasteiger partial charge in [-0.1, -0.05) is 6.07 Å². The van der Waals surface area contributed by atoms with Crippen molar-refractivity contribution in [2.24, 2.45) is 5.41 Å². The number of hydrogen-bond donors (Lipinski definition) is 0. The molecule has 1 saturated heterocycles. The van der Waals surface area contributed by atoms with Gasteiger partial charge >= 0.3 is 0 Å². The van der Waals surface area contributed by atoms with Crippen molar-refractivity contribution in [1.29, 1.82) is 5.26 Å². The molecule has 1 spiro atoms. The molecule has 1 fully saturated rings. The summed E-state index contributed by atoms with van der Waals surface area (Å²) in [6, 6.07) is 8.48. The highest BCUT2D eigenvalue weighted by atomic mass is 15.1. The summed E-state index contributed by atoms with van der Waals surface area (Å²) < 4.78 is 0. The van der Waals surface area contributed by atoms with E-state index in [1.54, 1.807) is 0 Å². The van der Waals surface area contributed by atoms with Crippen LogP contribution in [-0.4, -0.2) is 25.0 Å². The van der Waals surface area contributed by atoms with E-state index < -0.39 is 0 Å². The highest BCUT2D eigenvalue weighted by Gasteiger charge is 2.39. The van der Waals surface area contributed by atoms with Gasteiger partial charge < -0.3 is 4.90 Å². The summed E-state index contributed by atoms with van der Waals surface area (Å²) in [5, 5.41) is 8.95. The second-order valence-corrected chi connectivity index (χ2v) is 5.75. The Kier molecular flexibility index (Phi) is 2.45. The SMILES string of the molecule is CN1CCC2(CC1)Cc1ccc(C#N)cc1C2. The number of rotatable bonds is 0. The number of piperidine rings is 1. The van der Waals surface area contributed by atoms with Crippen molar-refractivity contribution >= 4 is 0 Å². The van der Waals surface area contributed by atoms with Crippen molar-refractivity contribution < 1.29 is 0 Å². The van der Waals surface area contributed by atoms with Gasteiger partial charge in [-0.3, -0.25) is 0 Å². The van der Waals surface area contributed by atoms with Gasteiger partial charge in [-0.25, -0.2) is 0 Å². The van der Waals surface area contributed by atoms with E-state index in [0.717, 1.165) is 5.56 Å². The molecule has 17 heavy (non-hydrogen) atoms. The minimum Gasteiger partial charge on any atom is -0.306 e. The van der Waals surface area contributed by atoms with Crippen LogP contribution in [-0.2, 0) is 12.8 Å². The average molecular weight is 226 g/mol. The molecule has 0 radical (unpaired) electrons. The number of nitrogens with zero attached hydrogens (tertiary/aromatic N) is 2. The molecule has 2 heteroatoms. The molecule has 0 saturated carbocycles. The Bertz CT molecular complexity index is 476. The number of benzene rings is 1. The summed E-state index contributed by atoms with van der Waals surface area (Å²) in [7, 11) is 2.21. The highest BCUT2D eigenvalue weighted by molar-refractivity contribution is 5.42. The maximum Gasteiger partial charge on any atom is 0.0991 e. The maximum absolute atomic E-state index is 8.95. The monoisotopic (exact) mass is 226 g/mol. The molecule has 0 unspecified atom stereocenters. The van der Waals surface area contributed by atoms with Crippen molar-refractivity contribution in [2.75, 3.05) is 20.1 Å². The van der Waals surface area contributed by atoms with Crippen LogP contribution < -0.4 is 0 Å². The van der Waals surface area contributed by atoms with Crippen LogP contribution in [0.3, 0.4) is 0 Å². The van der Waals surface area contributed by atoms with Gasteiger partial charge in [0.25, 0.3) is 0 Å². The predicted octanol–water partition coefficient (Wildman–Crippen LogP) is 2.37. The summed E-state index contributed by atoms with van der Waals surface area (Å²) in [5.41, 5.74) is 4.22. The van der Waals surface area contributed by atoms with Gasteiger partial charge in [-0.15, -0.1) is 0 Å². The lowest BCUT2D eigenvalue weighted by atomic mass is 9.76. The van der Waals surface area contributed by atoms with Gasteiger partial charge in [0, 0.05) is 0 Å². The zero-order valence-corrected chi connectivity index (χ0v) is 10.4. The van der Waals surface area contributed by atoms with Gasteiger partial charge in [0.1, 0.15) is 0 Å². The maximum atomic E-state index is 8.95. The van der Waals surface area contributed by atoms with E-state index in [0.29, 0.717) is 5.41 Å². The fraction of sp³-hybridized carbons (Fsp3) is 0.533. The second-order valence-electron chi connectivity index (χ2n) is 5.75. The van der Waals surface area contributed by atoms with Crippen LogP contribution in [0.5, 0.6) is 0 Å². The fourth-order valence-corrected chi connectivity index (χ4v) is 3.35. The predicted molar refractivity (Wildman–Crippen MR) is 67.7 cm³/mol. The van der Waals surface area contributed by atoms with Crippen molar-refractivity contribution in [3.05, 3.63) is 34.9 Å². The number of hydrogen-bond acceptors (Lipinski definition) is 2. The Morgan fingerprint density at radius 3 is 2.59 bits per heavy atom. The third kappa shape index (κ3) is 1.85. The van der Waals surface area contributed by atoms with E-state index in [1.165, 1.54) is 49.9 Å². The van der Waals surface area contributed by atoms with Gasteiger partial charge in [0.05, 0.1) is 11.6 Å². The van der Waals surface area contributed by atoms with Crippen LogP contribution in [0.1, 0.15) is 29.5 Å². The molecule has 3 rings (SSSR count). The largest absolute Gasteiger partial charge is 0.306 e. The minimum absolute atomic E-state index is 0.503. The summed E-state index contributed by atoms with van der Waals surface area (Å²) in [6.45, 7) is 2.44. The third-order valence-electron chi connectivity index (χ3n) is 4.51. The highest BCUT2D eigenvalue weighted by Crippen LogP contribution is 2.44. The van der Waals surface area contributed by atoms with Gasteiger partial charge in [0.15, 0.2) is 0 Å². The lowest BCUT2D eigenvalue weighted by Crippen LogP contribution is -2.38. The second kappa shape index (κ2) is 3.85. The molecule has 88 valence electrons. The quantitative estimate of drug-likeness (QED) is 0.679. The van der Waals surface area contributed by atoms with E-state index >= 15 is 0 Å². The van der Waals surface area contributed by atoms with Crippen molar-refractivity contribution in [2.45, 2.75) is 25.7 Å². The van der Waals surface area contributed by atoms with Crippen molar-refractivity contribution in [1.82, 2.24) is 4.90 Å². The van der Waals surface area contributed by atoms with Crippen LogP contribution in [0.2, 0.25) is 0 Å². The van der Waals surface area contributed by atoms with E-state index in [1.807, 2.05) is 6.07 Å². The smallest absolute Gasteiger partial charge is 0.0991 e. The molecule has 1 aliphatic heterocycles. The Morgan fingerprint density at radius 2 is 1.88 bits per heavy atom. The molecule has 0 atom stereocenters.